The fourth-order valence-electron chi connectivity index (χ4n) is 0. The molecule has 1 unspecified atom stereocenters. The highest BCUT2D eigenvalue weighted by Gasteiger charge is 2.01. The maximum Gasteiger partial charge on any atom is 0.304 e. The second kappa shape index (κ2) is 7.48. The summed E-state index contributed by atoms with van der Waals surface area (Å²) in [5.41, 5.74) is 0. The highest BCUT2D eigenvalue weighted by Crippen LogP contribution is 1.84. The summed E-state index contributed by atoms with van der Waals surface area (Å²) in [4.78, 5) is 18.9. The zero-order valence-electron chi connectivity index (χ0n) is 5.54. The predicted molar refractivity (Wildman–Crippen MR) is 39.0 cm³/mol. The minimum Gasteiger partial charge on any atom is -0.378 e. The number of rotatable bonds is 1. The minimum atomic E-state index is -1.14. The Morgan fingerprint density at radius 2 is 1.64 bits per heavy atom. The van der Waals surface area contributed by atoms with Crippen LogP contribution in [0.3, 0.4) is 0 Å². The van der Waals surface area contributed by atoms with Crippen molar-refractivity contribution < 1.29 is 14.7 Å². The van der Waals surface area contributed by atoms with E-state index in [4.69, 9.17) is 10.4 Å². The van der Waals surface area contributed by atoms with Crippen LogP contribution in [0, 0.1) is 11.3 Å². The van der Waals surface area contributed by atoms with Crippen LogP contribution in [0.2, 0.25) is 0 Å². The van der Waals surface area contributed by atoms with Crippen molar-refractivity contribution in [3.05, 3.63) is 0 Å². The van der Waals surface area contributed by atoms with Crippen LogP contribution >= 0.6 is 23.2 Å². The van der Waals surface area contributed by atoms with E-state index in [2.05, 4.69) is 23.2 Å². The standard InChI is InChI=1S/C3H5NO.C2Cl2O2/c1-3(5)2-4;3-1(5)2(4)6/h3,5H,1H3;. The number of aliphatic hydroxyl groups is 1. The second-order valence-corrected chi connectivity index (χ2v) is 2.04. The first kappa shape index (κ1) is 13.0. The van der Waals surface area contributed by atoms with E-state index in [-0.39, 0.29) is 0 Å². The summed E-state index contributed by atoms with van der Waals surface area (Å²) in [7, 11) is 0. The Bertz CT molecular complexity index is 173. The van der Waals surface area contributed by atoms with Crippen molar-refractivity contribution in [1.82, 2.24) is 0 Å². The SMILES string of the molecule is CC(O)C#N.O=C(Cl)C(=O)Cl. The van der Waals surface area contributed by atoms with Crippen LogP contribution in [0.1, 0.15) is 6.92 Å². The van der Waals surface area contributed by atoms with Crippen LogP contribution in [0.15, 0.2) is 0 Å². The van der Waals surface area contributed by atoms with Crippen LogP contribution in [-0.2, 0) is 9.59 Å². The first-order chi connectivity index (χ1) is 4.91. The van der Waals surface area contributed by atoms with Crippen LogP contribution in [0.25, 0.3) is 0 Å². The van der Waals surface area contributed by atoms with E-state index in [1.54, 1.807) is 6.07 Å². The lowest BCUT2D eigenvalue weighted by Gasteiger charge is -1.76. The minimum absolute atomic E-state index is 0.810. The Morgan fingerprint density at radius 1 is 1.45 bits per heavy atom. The fourth-order valence-corrected chi connectivity index (χ4v) is 0. The maximum absolute atomic E-state index is 9.43. The van der Waals surface area contributed by atoms with Crippen LogP contribution in [0.4, 0.5) is 0 Å². The largest absolute Gasteiger partial charge is 0.378 e. The zero-order chi connectivity index (χ0) is 9.44. The number of nitriles is 1. The van der Waals surface area contributed by atoms with Crippen molar-refractivity contribution in [2.45, 2.75) is 13.0 Å². The molecule has 11 heavy (non-hydrogen) atoms. The highest BCUT2D eigenvalue weighted by atomic mass is 35.5. The van der Waals surface area contributed by atoms with Crippen molar-refractivity contribution in [3.8, 4) is 6.07 Å². The van der Waals surface area contributed by atoms with Gasteiger partial charge in [-0.1, -0.05) is 0 Å². The van der Waals surface area contributed by atoms with Gasteiger partial charge in [-0.05, 0) is 30.1 Å². The first-order valence-electron chi connectivity index (χ1n) is 2.38. The Balaban J connectivity index is 0. The molecule has 0 saturated carbocycles. The normalized spacial score (nSPS) is 10.1. The summed E-state index contributed by atoms with van der Waals surface area (Å²) in [6.07, 6.45) is -0.810. The van der Waals surface area contributed by atoms with Crippen LogP contribution in [0.5, 0.6) is 0 Å². The second-order valence-electron chi connectivity index (χ2n) is 1.35. The summed E-state index contributed by atoms with van der Waals surface area (Å²) in [6.45, 7) is 1.42. The Kier molecular flexibility index (Phi) is 8.83. The summed E-state index contributed by atoms with van der Waals surface area (Å²) in [5, 5.41) is 13.4. The van der Waals surface area contributed by atoms with Crippen LogP contribution < -0.4 is 0 Å². The molecule has 0 amide bonds. The van der Waals surface area contributed by atoms with Gasteiger partial charge in [-0.2, -0.15) is 5.26 Å². The number of carbonyl (C=O) groups excluding carboxylic acids is 2. The third kappa shape index (κ3) is 17.6. The molecular formula is C5H5Cl2NO3. The molecule has 0 aromatic heterocycles. The van der Waals surface area contributed by atoms with Gasteiger partial charge in [0.1, 0.15) is 6.10 Å². The van der Waals surface area contributed by atoms with Crippen molar-refractivity contribution in [3.63, 3.8) is 0 Å². The Morgan fingerprint density at radius 3 is 1.64 bits per heavy atom. The lowest BCUT2D eigenvalue weighted by molar-refractivity contribution is -0.127. The van der Waals surface area contributed by atoms with Gasteiger partial charge in [0.15, 0.2) is 0 Å². The molecule has 1 atom stereocenters. The lowest BCUT2D eigenvalue weighted by atomic mass is 10.5. The molecule has 0 aliphatic carbocycles. The van der Waals surface area contributed by atoms with E-state index < -0.39 is 16.6 Å². The number of halogens is 2. The topological polar surface area (TPSA) is 78.2 Å². The number of aliphatic hydroxyl groups excluding tert-OH is 1. The molecule has 4 nitrogen and oxygen atoms in total. The van der Waals surface area contributed by atoms with E-state index in [1.165, 1.54) is 6.92 Å². The van der Waals surface area contributed by atoms with Crippen molar-refractivity contribution in [2.24, 2.45) is 0 Å². The first-order valence-corrected chi connectivity index (χ1v) is 3.14. The summed E-state index contributed by atoms with van der Waals surface area (Å²) in [6, 6.07) is 1.58. The molecule has 6 heteroatoms. The molecule has 62 valence electrons. The summed E-state index contributed by atoms with van der Waals surface area (Å²) >= 11 is 8.98. The smallest absolute Gasteiger partial charge is 0.304 e. The van der Waals surface area contributed by atoms with Crippen molar-refractivity contribution in [2.75, 3.05) is 0 Å². The lowest BCUT2D eigenvalue weighted by Crippen LogP contribution is -1.94. The van der Waals surface area contributed by atoms with Gasteiger partial charge in [0.2, 0.25) is 0 Å². The van der Waals surface area contributed by atoms with E-state index in [0.29, 0.717) is 0 Å². The van der Waals surface area contributed by atoms with Gasteiger partial charge in [-0.15, -0.1) is 0 Å². The summed E-state index contributed by atoms with van der Waals surface area (Å²) < 4.78 is 0. The average Bonchev–Trinajstić information content (AvgIpc) is 1.89. The van der Waals surface area contributed by atoms with Gasteiger partial charge < -0.3 is 5.11 Å². The molecule has 0 aliphatic rings. The molecule has 0 fully saturated rings. The molecular weight excluding hydrogens is 193 g/mol. The van der Waals surface area contributed by atoms with E-state index >= 15 is 0 Å². The van der Waals surface area contributed by atoms with Gasteiger partial charge in [-0.3, -0.25) is 9.59 Å². The Hall–Kier alpha value is -0.630. The molecule has 0 aromatic rings. The summed E-state index contributed by atoms with van der Waals surface area (Å²) in [5.74, 6) is 0. The van der Waals surface area contributed by atoms with Crippen LogP contribution in [-0.4, -0.2) is 21.7 Å². The third-order valence-electron chi connectivity index (χ3n) is 0.341. The van der Waals surface area contributed by atoms with Gasteiger partial charge in [0, 0.05) is 0 Å². The van der Waals surface area contributed by atoms with Crippen molar-refractivity contribution >= 4 is 33.7 Å². The molecule has 0 radical (unpaired) electrons. The fraction of sp³-hybridized carbons (Fsp3) is 0.400. The number of hydrogen-bond donors (Lipinski definition) is 1. The van der Waals surface area contributed by atoms with E-state index in [9.17, 15) is 9.59 Å². The molecule has 0 bridgehead atoms. The highest BCUT2D eigenvalue weighted by molar-refractivity contribution is 6.97. The molecule has 0 heterocycles. The predicted octanol–water partition coefficient (Wildman–Crippen LogP) is 0.408. The third-order valence-corrected chi connectivity index (χ3v) is 0.781. The van der Waals surface area contributed by atoms with E-state index in [1.807, 2.05) is 0 Å². The van der Waals surface area contributed by atoms with Gasteiger partial charge in [-0.25, -0.2) is 0 Å². The zero-order valence-corrected chi connectivity index (χ0v) is 7.06. The van der Waals surface area contributed by atoms with E-state index in [0.717, 1.165) is 0 Å². The molecule has 0 aliphatic heterocycles. The Labute approximate surface area is 73.3 Å². The number of carbonyl (C=O) groups is 2. The molecule has 0 rings (SSSR count). The quantitative estimate of drug-likeness (QED) is 0.376. The molecule has 1 N–H and O–H groups in total. The number of hydrogen-bond acceptors (Lipinski definition) is 4. The maximum atomic E-state index is 9.43. The van der Waals surface area contributed by atoms with Gasteiger partial charge >= 0.3 is 10.5 Å². The molecule has 0 spiro atoms. The average molecular weight is 198 g/mol. The van der Waals surface area contributed by atoms with Gasteiger partial charge in [0.25, 0.3) is 0 Å². The molecule has 0 saturated heterocycles. The van der Waals surface area contributed by atoms with Gasteiger partial charge in [0.05, 0.1) is 6.07 Å². The number of nitrogens with zero attached hydrogens (tertiary/aromatic N) is 1. The monoisotopic (exact) mass is 197 g/mol. The van der Waals surface area contributed by atoms with Crippen molar-refractivity contribution in [1.29, 1.82) is 5.26 Å². The molecule has 0 aromatic carbocycles.